The summed E-state index contributed by atoms with van der Waals surface area (Å²) in [4.78, 5) is 14.5. The number of piperidine rings is 1. The molecule has 1 aliphatic heterocycles. The van der Waals surface area contributed by atoms with Crippen LogP contribution in [0.25, 0.3) is 0 Å². The Morgan fingerprint density at radius 1 is 1.22 bits per heavy atom. The van der Waals surface area contributed by atoms with Crippen LogP contribution in [0.4, 0.5) is 0 Å². The van der Waals surface area contributed by atoms with Gasteiger partial charge in [0, 0.05) is 18.6 Å². The molecule has 1 aliphatic carbocycles. The standard InChI is InChI=1S/C14H27N3O/c1-17-9-5-4-6-11(17)10-16-14(18)12-7-2-3-8-13(12)15/h11-13H,2-10,15H2,1H3,(H,16,18). The van der Waals surface area contributed by atoms with E-state index in [2.05, 4.69) is 17.3 Å². The molecule has 0 radical (unpaired) electrons. The van der Waals surface area contributed by atoms with Crippen LogP contribution in [0, 0.1) is 5.92 Å². The van der Waals surface area contributed by atoms with Gasteiger partial charge in [-0.25, -0.2) is 0 Å². The lowest BCUT2D eigenvalue weighted by atomic mass is 9.84. The maximum atomic E-state index is 12.1. The van der Waals surface area contributed by atoms with E-state index in [0.717, 1.165) is 32.4 Å². The molecule has 0 aromatic carbocycles. The summed E-state index contributed by atoms with van der Waals surface area (Å²) in [7, 11) is 2.16. The van der Waals surface area contributed by atoms with E-state index in [9.17, 15) is 4.79 Å². The highest BCUT2D eigenvalue weighted by Crippen LogP contribution is 2.23. The molecule has 0 aromatic heterocycles. The van der Waals surface area contributed by atoms with Crippen molar-refractivity contribution in [1.29, 1.82) is 0 Å². The molecule has 3 atom stereocenters. The summed E-state index contributed by atoms with van der Waals surface area (Å²) < 4.78 is 0. The van der Waals surface area contributed by atoms with Gasteiger partial charge in [0.15, 0.2) is 0 Å². The van der Waals surface area contributed by atoms with Crippen molar-refractivity contribution in [2.24, 2.45) is 11.7 Å². The number of likely N-dealkylation sites (N-methyl/N-ethyl adjacent to an activating group) is 1. The summed E-state index contributed by atoms with van der Waals surface area (Å²) in [6.45, 7) is 1.95. The predicted molar refractivity (Wildman–Crippen MR) is 73.2 cm³/mol. The first kappa shape index (κ1) is 13.8. The van der Waals surface area contributed by atoms with Gasteiger partial charge in [0.1, 0.15) is 0 Å². The van der Waals surface area contributed by atoms with Crippen LogP contribution < -0.4 is 11.1 Å². The zero-order chi connectivity index (χ0) is 13.0. The van der Waals surface area contributed by atoms with E-state index in [1.54, 1.807) is 0 Å². The third-order valence-corrected chi connectivity index (χ3v) is 4.59. The van der Waals surface area contributed by atoms with Crippen molar-refractivity contribution in [2.45, 2.75) is 57.0 Å². The second kappa shape index (κ2) is 6.53. The number of rotatable bonds is 3. The molecule has 1 saturated heterocycles. The van der Waals surface area contributed by atoms with E-state index in [1.807, 2.05) is 0 Å². The Morgan fingerprint density at radius 2 is 1.94 bits per heavy atom. The number of carbonyl (C=O) groups excluding carboxylic acids is 1. The summed E-state index contributed by atoms with van der Waals surface area (Å²) in [5.41, 5.74) is 6.04. The molecule has 2 aliphatic rings. The molecule has 3 N–H and O–H groups in total. The van der Waals surface area contributed by atoms with Gasteiger partial charge in [-0.3, -0.25) is 4.79 Å². The minimum absolute atomic E-state index is 0.0487. The van der Waals surface area contributed by atoms with Crippen molar-refractivity contribution in [3.05, 3.63) is 0 Å². The quantitative estimate of drug-likeness (QED) is 0.792. The molecule has 0 bridgehead atoms. The van der Waals surface area contributed by atoms with Crippen molar-refractivity contribution < 1.29 is 4.79 Å². The highest BCUT2D eigenvalue weighted by molar-refractivity contribution is 5.79. The number of carbonyl (C=O) groups is 1. The predicted octanol–water partition coefficient (Wildman–Crippen LogP) is 1.10. The molecule has 3 unspecified atom stereocenters. The van der Waals surface area contributed by atoms with Crippen molar-refractivity contribution in [3.8, 4) is 0 Å². The topological polar surface area (TPSA) is 58.4 Å². The molecule has 2 rings (SSSR count). The molecule has 18 heavy (non-hydrogen) atoms. The first-order valence-electron chi connectivity index (χ1n) is 7.42. The molecule has 0 spiro atoms. The minimum atomic E-state index is 0.0487. The molecular formula is C14H27N3O. The van der Waals surface area contributed by atoms with Crippen molar-refractivity contribution in [2.75, 3.05) is 20.1 Å². The second-order valence-electron chi connectivity index (χ2n) is 5.93. The van der Waals surface area contributed by atoms with Crippen LogP contribution in [-0.2, 0) is 4.79 Å². The largest absolute Gasteiger partial charge is 0.354 e. The zero-order valence-corrected chi connectivity index (χ0v) is 11.5. The maximum Gasteiger partial charge on any atom is 0.224 e. The highest BCUT2D eigenvalue weighted by Gasteiger charge is 2.29. The fourth-order valence-corrected chi connectivity index (χ4v) is 3.24. The van der Waals surface area contributed by atoms with Gasteiger partial charge in [0.2, 0.25) is 5.91 Å². The Labute approximate surface area is 110 Å². The van der Waals surface area contributed by atoms with Crippen LogP contribution >= 0.6 is 0 Å². The summed E-state index contributed by atoms with van der Waals surface area (Å²) >= 11 is 0. The summed E-state index contributed by atoms with van der Waals surface area (Å²) in [5.74, 6) is 0.230. The first-order chi connectivity index (χ1) is 8.68. The molecule has 1 saturated carbocycles. The molecule has 4 heteroatoms. The number of amides is 1. The minimum Gasteiger partial charge on any atom is -0.354 e. The van der Waals surface area contributed by atoms with E-state index in [1.165, 1.54) is 25.7 Å². The van der Waals surface area contributed by atoms with Gasteiger partial charge in [0.25, 0.3) is 0 Å². The number of nitrogens with one attached hydrogen (secondary N) is 1. The Morgan fingerprint density at radius 3 is 2.67 bits per heavy atom. The third-order valence-electron chi connectivity index (χ3n) is 4.59. The number of likely N-dealkylation sites (tertiary alicyclic amines) is 1. The van der Waals surface area contributed by atoms with E-state index in [0.29, 0.717) is 6.04 Å². The smallest absolute Gasteiger partial charge is 0.224 e. The van der Waals surface area contributed by atoms with Gasteiger partial charge >= 0.3 is 0 Å². The van der Waals surface area contributed by atoms with Crippen LogP contribution in [0.2, 0.25) is 0 Å². The Hall–Kier alpha value is -0.610. The van der Waals surface area contributed by atoms with Crippen molar-refractivity contribution in [3.63, 3.8) is 0 Å². The molecule has 0 aromatic rings. The zero-order valence-electron chi connectivity index (χ0n) is 11.5. The normalized spacial score (nSPS) is 34.2. The number of hydrogen-bond donors (Lipinski definition) is 2. The number of nitrogens with two attached hydrogens (primary N) is 1. The summed E-state index contributed by atoms with van der Waals surface area (Å²) in [5, 5.41) is 3.12. The van der Waals surface area contributed by atoms with E-state index >= 15 is 0 Å². The molecule has 1 amide bonds. The fraction of sp³-hybridized carbons (Fsp3) is 0.929. The lowest BCUT2D eigenvalue weighted by Gasteiger charge is -2.33. The third kappa shape index (κ3) is 3.45. The van der Waals surface area contributed by atoms with Crippen molar-refractivity contribution in [1.82, 2.24) is 10.2 Å². The average molecular weight is 253 g/mol. The number of hydrogen-bond acceptors (Lipinski definition) is 3. The highest BCUT2D eigenvalue weighted by atomic mass is 16.1. The van der Waals surface area contributed by atoms with Gasteiger partial charge in [-0.1, -0.05) is 19.3 Å². The van der Waals surface area contributed by atoms with Crippen LogP contribution in [-0.4, -0.2) is 43.0 Å². The summed E-state index contributed by atoms with van der Waals surface area (Å²) in [6.07, 6.45) is 8.07. The SMILES string of the molecule is CN1CCCCC1CNC(=O)C1CCCCC1N. The Bertz CT molecular complexity index is 282. The van der Waals surface area contributed by atoms with Crippen LogP contribution in [0.15, 0.2) is 0 Å². The Kier molecular flexibility index (Phi) is 5.01. The maximum absolute atomic E-state index is 12.1. The lowest BCUT2D eigenvalue weighted by molar-refractivity contribution is -0.126. The average Bonchev–Trinajstić information content (AvgIpc) is 2.38. The van der Waals surface area contributed by atoms with Gasteiger partial charge in [-0.2, -0.15) is 0 Å². The van der Waals surface area contributed by atoms with Gasteiger partial charge in [-0.05, 0) is 39.3 Å². The van der Waals surface area contributed by atoms with Gasteiger partial charge in [-0.15, -0.1) is 0 Å². The van der Waals surface area contributed by atoms with Crippen LogP contribution in [0.1, 0.15) is 44.9 Å². The summed E-state index contributed by atoms with van der Waals surface area (Å²) in [6, 6.07) is 0.588. The first-order valence-corrected chi connectivity index (χ1v) is 7.42. The number of nitrogens with zero attached hydrogens (tertiary/aromatic N) is 1. The molecule has 2 fully saturated rings. The molecule has 1 heterocycles. The Balaban J connectivity index is 1.76. The fourth-order valence-electron chi connectivity index (χ4n) is 3.24. The van der Waals surface area contributed by atoms with Gasteiger partial charge < -0.3 is 16.0 Å². The lowest BCUT2D eigenvalue weighted by Crippen LogP contribution is -2.49. The van der Waals surface area contributed by atoms with Crippen molar-refractivity contribution >= 4 is 5.91 Å². The van der Waals surface area contributed by atoms with Crippen LogP contribution in [0.3, 0.4) is 0 Å². The second-order valence-corrected chi connectivity index (χ2v) is 5.93. The monoisotopic (exact) mass is 253 g/mol. The van der Waals surface area contributed by atoms with Gasteiger partial charge in [0.05, 0.1) is 5.92 Å². The molecular weight excluding hydrogens is 226 g/mol. The van der Waals surface area contributed by atoms with E-state index in [-0.39, 0.29) is 17.9 Å². The van der Waals surface area contributed by atoms with E-state index < -0.39 is 0 Å². The molecule has 104 valence electrons. The van der Waals surface area contributed by atoms with Crippen LogP contribution in [0.5, 0.6) is 0 Å². The van der Waals surface area contributed by atoms with E-state index in [4.69, 9.17) is 5.73 Å². The molecule has 4 nitrogen and oxygen atoms in total.